The summed E-state index contributed by atoms with van der Waals surface area (Å²) in [5.74, 6) is -0.522. The van der Waals surface area contributed by atoms with Crippen molar-refractivity contribution >= 4 is 29.4 Å². The zero-order chi connectivity index (χ0) is 28.1. The normalized spacial score (nSPS) is 14.9. The Morgan fingerprint density at radius 3 is 2.54 bits per heavy atom. The maximum atomic E-state index is 13.8. The molecule has 0 radical (unpaired) electrons. The molecule has 39 heavy (non-hydrogen) atoms. The maximum Gasteiger partial charge on any atom is 0.341 e. The van der Waals surface area contributed by atoms with E-state index in [2.05, 4.69) is 4.99 Å². The van der Waals surface area contributed by atoms with E-state index in [1.165, 1.54) is 23.0 Å². The molecule has 10 nitrogen and oxygen atoms in total. The molecule has 4 rings (SSSR count). The monoisotopic (exact) mass is 552 g/mol. The lowest BCUT2D eigenvalue weighted by molar-refractivity contribution is -0.140. The summed E-state index contributed by atoms with van der Waals surface area (Å²) >= 11 is 1.19. The topological polar surface area (TPSA) is 126 Å². The SMILES string of the molecule is CCOC(=O)C1=C(C)N=c2s/c(=C\c3ccc(OCC(=O)O)c(OC)c3)c(=O)n2C1c1ccccc1OCC. The summed E-state index contributed by atoms with van der Waals surface area (Å²) in [5, 5.41) is 8.89. The number of hydrogen-bond acceptors (Lipinski definition) is 9. The first-order valence-corrected chi connectivity index (χ1v) is 13.0. The number of carbonyl (C=O) groups is 2. The Morgan fingerprint density at radius 2 is 1.85 bits per heavy atom. The number of methoxy groups -OCH3 is 1. The number of carbonyl (C=O) groups excluding carboxylic acids is 1. The fourth-order valence-electron chi connectivity index (χ4n) is 4.26. The van der Waals surface area contributed by atoms with E-state index in [4.69, 9.17) is 24.1 Å². The van der Waals surface area contributed by atoms with Crippen LogP contribution >= 0.6 is 11.3 Å². The maximum absolute atomic E-state index is 13.8. The summed E-state index contributed by atoms with van der Waals surface area (Å²) < 4.78 is 23.7. The standard InChI is InChI=1S/C28H28N2O8S/c1-5-36-19-10-8-7-9-18(19)25-24(27(34)37-6-2)16(3)29-28-30(25)26(33)22(39-28)14-17-11-12-20(21(13-17)35-4)38-15-23(31)32/h7-14,25H,5-6,15H2,1-4H3,(H,31,32)/b22-14-. The lowest BCUT2D eigenvalue weighted by Gasteiger charge is -2.26. The van der Waals surface area contributed by atoms with Gasteiger partial charge in [-0.25, -0.2) is 14.6 Å². The van der Waals surface area contributed by atoms with Gasteiger partial charge in [-0.2, -0.15) is 0 Å². The van der Waals surface area contributed by atoms with Gasteiger partial charge in [-0.3, -0.25) is 9.36 Å². The lowest BCUT2D eigenvalue weighted by atomic mass is 9.95. The molecule has 204 valence electrons. The second kappa shape index (κ2) is 12.0. The van der Waals surface area contributed by atoms with Crippen LogP contribution in [0.5, 0.6) is 17.2 Å². The van der Waals surface area contributed by atoms with E-state index in [0.717, 1.165) is 0 Å². The van der Waals surface area contributed by atoms with Gasteiger partial charge in [0.15, 0.2) is 22.9 Å². The van der Waals surface area contributed by atoms with Gasteiger partial charge in [0.1, 0.15) is 11.8 Å². The molecular formula is C28H28N2O8S. The van der Waals surface area contributed by atoms with E-state index >= 15 is 0 Å². The Balaban J connectivity index is 1.88. The van der Waals surface area contributed by atoms with Crippen LogP contribution in [0.1, 0.15) is 37.9 Å². The van der Waals surface area contributed by atoms with Gasteiger partial charge in [0.05, 0.1) is 36.1 Å². The van der Waals surface area contributed by atoms with Crippen molar-refractivity contribution in [1.82, 2.24) is 4.57 Å². The van der Waals surface area contributed by atoms with Crippen molar-refractivity contribution in [3.05, 3.63) is 84.5 Å². The van der Waals surface area contributed by atoms with E-state index in [-0.39, 0.29) is 23.5 Å². The zero-order valence-corrected chi connectivity index (χ0v) is 22.7. The predicted molar refractivity (Wildman–Crippen MR) is 144 cm³/mol. The van der Waals surface area contributed by atoms with Crippen LogP contribution in [0.4, 0.5) is 0 Å². The van der Waals surface area contributed by atoms with Crippen molar-refractivity contribution in [3.8, 4) is 17.2 Å². The molecule has 1 unspecified atom stereocenters. The number of para-hydroxylation sites is 1. The molecule has 2 heterocycles. The number of fused-ring (bicyclic) bond motifs is 1. The second-order valence-corrected chi connectivity index (χ2v) is 9.37. The van der Waals surface area contributed by atoms with Crippen LogP contribution in [0, 0.1) is 0 Å². The van der Waals surface area contributed by atoms with Crippen LogP contribution in [0.2, 0.25) is 0 Å². The molecule has 1 aromatic heterocycles. The van der Waals surface area contributed by atoms with E-state index in [9.17, 15) is 14.4 Å². The molecular weight excluding hydrogens is 524 g/mol. The molecule has 0 spiro atoms. The highest BCUT2D eigenvalue weighted by molar-refractivity contribution is 7.07. The number of rotatable bonds is 10. The van der Waals surface area contributed by atoms with Gasteiger partial charge in [0.2, 0.25) is 0 Å². The first kappa shape index (κ1) is 27.6. The molecule has 0 saturated carbocycles. The number of aliphatic carboxylic acids is 1. The number of esters is 1. The highest BCUT2D eigenvalue weighted by Crippen LogP contribution is 2.36. The van der Waals surface area contributed by atoms with Crippen molar-refractivity contribution in [3.63, 3.8) is 0 Å². The summed E-state index contributed by atoms with van der Waals surface area (Å²) in [4.78, 5) is 42.9. The number of carboxylic acid groups (broad SMARTS) is 1. The molecule has 1 aliphatic heterocycles. The van der Waals surface area contributed by atoms with Crippen LogP contribution in [0.15, 0.2) is 63.5 Å². The molecule has 0 fully saturated rings. The van der Waals surface area contributed by atoms with Crippen molar-refractivity contribution in [2.24, 2.45) is 4.99 Å². The van der Waals surface area contributed by atoms with Gasteiger partial charge >= 0.3 is 11.9 Å². The van der Waals surface area contributed by atoms with Crippen LogP contribution < -0.4 is 29.1 Å². The highest BCUT2D eigenvalue weighted by atomic mass is 32.1. The second-order valence-electron chi connectivity index (χ2n) is 8.37. The predicted octanol–water partition coefficient (Wildman–Crippen LogP) is 2.67. The quantitative estimate of drug-likeness (QED) is 0.381. The van der Waals surface area contributed by atoms with Crippen molar-refractivity contribution in [2.45, 2.75) is 26.8 Å². The average molecular weight is 553 g/mol. The molecule has 1 N–H and O–H groups in total. The third-order valence-corrected chi connectivity index (χ3v) is 6.85. The summed E-state index contributed by atoms with van der Waals surface area (Å²) in [6.45, 7) is 5.37. The third kappa shape index (κ3) is 5.73. The molecule has 1 atom stereocenters. The van der Waals surface area contributed by atoms with Crippen LogP contribution in [-0.2, 0) is 14.3 Å². The molecule has 2 aromatic carbocycles. The number of allylic oxidation sites excluding steroid dienone is 1. The van der Waals surface area contributed by atoms with Crippen LogP contribution in [0.3, 0.4) is 0 Å². The Hall–Kier alpha value is -4.38. The molecule has 0 saturated heterocycles. The smallest absolute Gasteiger partial charge is 0.341 e. The molecule has 11 heteroatoms. The van der Waals surface area contributed by atoms with Gasteiger partial charge in [-0.15, -0.1) is 0 Å². The van der Waals surface area contributed by atoms with Crippen LogP contribution in [-0.4, -0.2) is 48.5 Å². The number of thiazole rings is 1. The molecule has 0 bridgehead atoms. The number of ether oxygens (including phenoxy) is 4. The van der Waals surface area contributed by atoms with Gasteiger partial charge in [-0.1, -0.05) is 35.6 Å². The van der Waals surface area contributed by atoms with Crippen LogP contribution in [0.25, 0.3) is 6.08 Å². The van der Waals surface area contributed by atoms with Gasteiger partial charge in [0.25, 0.3) is 5.56 Å². The minimum absolute atomic E-state index is 0.174. The highest BCUT2D eigenvalue weighted by Gasteiger charge is 2.35. The Morgan fingerprint density at radius 1 is 1.08 bits per heavy atom. The van der Waals surface area contributed by atoms with E-state index < -0.39 is 24.6 Å². The van der Waals surface area contributed by atoms with Gasteiger partial charge < -0.3 is 24.1 Å². The molecule has 0 amide bonds. The number of hydrogen-bond donors (Lipinski definition) is 1. The Bertz CT molecular complexity index is 1620. The lowest BCUT2D eigenvalue weighted by Crippen LogP contribution is -2.40. The largest absolute Gasteiger partial charge is 0.494 e. The van der Waals surface area contributed by atoms with E-state index in [0.29, 0.717) is 44.3 Å². The zero-order valence-electron chi connectivity index (χ0n) is 21.9. The summed E-state index contributed by atoms with van der Waals surface area (Å²) in [6, 6.07) is 11.4. The summed E-state index contributed by atoms with van der Waals surface area (Å²) in [7, 11) is 1.44. The summed E-state index contributed by atoms with van der Waals surface area (Å²) in [6.07, 6.45) is 1.68. The van der Waals surface area contributed by atoms with E-state index in [1.54, 1.807) is 44.2 Å². The number of carboxylic acids is 1. The first-order valence-electron chi connectivity index (χ1n) is 12.2. The molecule has 0 aliphatic carbocycles. The molecule has 3 aromatic rings. The fourth-order valence-corrected chi connectivity index (χ4v) is 5.31. The van der Waals surface area contributed by atoms with Gasteiger partial charge in [0, 0.05) is 5.56 Å². The third-order valence-electron chi connectivity index (χ3n) is 5.87. The minimum atomic E-state index is -1.11. The minimum Gasteiger partial charge on any atom is -0.494 e. The Kier molecular flexibility index (Phi) is 8.50. The number of nitrogens with zero attached hydrogens (tertiary/aromatic N) is 2. The van der Waals surface area contributed by atoms with Crippen molar-refractivity contribution in [2.75, 3.05) is 26.9 Å². The molecule has 1 aliphatic rings. The summed E-state index contributed by atoms with van der Waals surface area (Å²) in [5.41, 5.74) is 1.66. The first-order chi connectivity index (χ1) is 18.8. The average Bonchev–Trinajstić information content (AvgIpc) is 3.21. The number of aromatic nitrogens is 1. The van der Waals surface area contributed by atoms with Crippen molar-refractivity contribution in [1.29, 1.82) is 0 Å². The van der Waals surface area contributed by atoms with Crippen molar-refractivity contribution < 1.29 is 33.6 Å². The number of benzene rings is 2. The Labute approximate surface area is 228 Å². The van der Waals surface area contributed by atoms with Gasteiger partial charge in [-0.05, 0) is 50.6 Å². The van der Waals surface area contributed by atoms with E-state index in [1.807, 2.05) is 25.1 Å². The fraction of sp³-hybridized carbons (Fsp3) is 0.286.